The molecule has 1 fully saturated rings. The molecule has 6 heteroatoms. The fourth-order valence-electron chi connectivity index (χ4n) is 4.50. The fraction of sp³-hybridized carbons (Fsp3) is 0.281. The number of benzene rings is 3. The van der Waals surface area contributed by atoms with Crippen molar-refractivity contribution in [2.45, 2.75) is 61.6 Å². The molecule has 0 N–H and O–H groups in total. The molecule has 3 aromatic carbocycles. The number of hydrogen-bond acceptors (Lipinski definition) is 6. The van der Waals surface area contributed by atoms with Crippen LogP contribution in [0.5, 0.6) is 0 Å². The lowest BCUT2D eigenvalue weighted by Gasteiger charge is -2.45. The number of ether oxygens (including phenoxy) is 4. The molecule has 0 radical (unpaired) electrons. The van der Waals surface area contributed by atoms with Crippen LogP contribution in [-0.4, -0.2) is 34.8 Å². The van der Waals surface area contributed by atoms with Crippen LogP contribution in [0, 0.1) is 0 Å². The Morgan fingerprint density at radius 2 is 1.08 bits per heavy atom. The molecule has 0 aliphatic carbocycles. The Morgan fingerprint density at radius 3 is 1.58 bits per heavy atom. The molecular weight excluding hydrogens is 494 g/mol. The first kappa shape index (κ1) is 26.6. The van der Waals surface area contributed by atoms with E-state index in [1.54, 1.807) is 18.0 Å². The average molecular weight is 528 g/mol. The Morgan fingerprint density at radius 1 is 0.605 bits per heavy atom. The largest absolute Gasteiger partial charge is 0.368 e. The summed E-state index contributed by atoms with van der Waals surface area (Å²) < 4.78 is 26.3. The summed E-state index contributed by atoms with van der Waals surface area (Å²) in [6, 6.07) is 36.5. The van der Waals surface area contributed by atoms with Gasteiger partial charge in [0.2, 0.25) is 0 Å². The number of thioether (sulfide) groups is 1. The quantitative estimate of drug-likeness (QED) is 0.217. The maximum Gasteiger partial charge on any atom is 0.138 e. The highest BCUT2D eigenvalue weighted by Gasteiger charge is 2.47. The Balaban J connectivity index is 1.41. The zero-order chi connectivity index (χ0) is 26.0. The van der Waals surface area contributed by atoms with Crippen LogP contribution < -0.4 is 0 Å². The molecule has 4 aromatic rings. The smallest absolute Gasteiger partial charge is 0.138 e. The van der Waals surface area contributed by atoms with Crippen LogP contribution in [0.1, 0.15) is 23.6 Å². The lowest BCUT2D eigenvalue weighted by atomic mass is 9.99. The fourth-order valence-corrected chi connectivity index (χ4v) is 5.61. The van der Waals surface area contributed by atoms with E-state index in [-0.39, 0.29) is 29.9 Å². The van der Waals surface area contributed by atoms with Gasteiger partial charge < -0.3 is 18.9 Å². The van der Waals surface area contributed by atoms with Crippen LogP contribution in [-0.2, 0) is 38.8 Å². The van der Waals surface area contributed by atoms with E-state index in [9.17, 15) is 0 Å². The van der Waals surface area contributed by atoms with Crippen molar-refractivity contribution in [1.29, 1.82) is 0 Å². The zero-order valence-electron chi connectivity index (χ0n) is 21.5. The van der Waals surface area contributed by atoms with E-state index in [1.165, 1.54) is 0 Å². The Kier molecular flexibility index (Phi) is 9.59. The SMILES string of the molecule is C[C@@H]1O[C@H](Sc2ccccn2)[C@@H](OCc2ccccc2)[C@H](OCc2ccccc2)[C@@H]1OCc1ccccc1. The van der Waals surface area contributed by atoms with Crippen LogP contribution in [0.15, 0.2) is 120 Å². The van der Waals surface area contributed by atoms with Crippen molar-refractivity contribution in [2.75, 3.05) is 0 Å². The number of nitrogens with zero attached hydrogens (tertiary/aromatic N) is 1. The Bertz CT molecular complexity index is 1210. The third-order valence-electron chi connectivity index (χ3n) is 6.46. The van der Waals surface area contributed by atoms with Crippen molar-refractivity contribution < 1.29 is 18.9 Å². The molecular formula is C32H33NO4S. The monoisotopic (exact) mass is 527 g/mol. The lowest BCUT2D eigenvalue weighted by Crippen LogP contribution is -2.58. The maximum absolute atomic E-state index is 6.65. The van der Waals surface area contributed by atoms with Crippen LogP contribution in [0.3, 0.4) is 0 Å². The topological polar surface area (TPSA) is 49.8 Å². The van der Waals surface area contributed by atoms with Gasteiger partial charge >= 0.3 is 0 Å². The van der Waals surface area contributed by atoms with Gasteiger partial charge in [-0.15, -0.1) is 0 Å². The van der Waals surface area contributed by atoms with Crippen molar-refractivity contribution in [3.05, 3.63) is 132 Å². The molecule has 0 saturated carbocycles. The third-order valence-corrected chi connectivity index (χ3v) is 7.55. The van der Waals surface area contributed by atoms with Crippen LogP contribution in [0.4, 0.5) is 0 Å². The van der Waals surface area contributed by atoms with Gasteiger partial charge in [-0.05, 0) is 35.7 Å². The second-order valence-corrected chi connectivity index (χ2v) is 10.4. The van der Waals surface area contributed by atoms with Crippen molar-refractivity contribution in [3.63, 3.8) is 0 Å². The maximum atomic E-state index is 6.65. The highest BCUT2D eigenvalue weighted by Crippen LogP contribution is 2.37. The first-order chi connectivity index (χ1) is 18.8. The van der Waals surface area contributed by atoms with E-state index in [1.807, 2.05) is 79.7 Å². The lowest BCUT2D eigenvalue weighted by molar-refractivity contribution is -0.242. The summed E-state index contributed by atoms with van der Waals surface area (Å²) in [5.41, 5.74) is 2.98. The van der Waals surface area contributed by atoms with E-state index in [0.717, 1.165) is 21.7 Å². The first-order valence-corrected chi connectivity index (χ1v) is 13.8. The van der Waals surface area contributed by atoms with Gasteiger partial charge in [0, 0.05) is 6.20 Å². The second-order valence-electron chi connectivity index (χ2n) is 9.28. The van der Waals surface area contributed by atoms with E-state index >= 15 is 0 Å². The molecule has 1 saturated heterocycles. The van der Waals surface area contributed by atoms with Crippen LogP contribution in [0.25, 0.3) is 0 Å². The predicted molar refractivity (Wildman–Crippen MR) is 149 cm³/mol. The summed E-state index contributed by atoms with van der Waals surface area (Å²) in [6.45, 7) is 3.41. The molecule has 5 atom stereocenters. The summed E-state index contributed by atoms with van der Waals surface area (Å²) in [6.07, 6.45) is 0.525. The van der Waals surface area contributed by atoms with Crippen molar-refractivity contribution in [3.8, 4) is 0 Å². The summed E-state index contributed by atoms with van der Waals surface area (Å²) >= 11 is 1.56. The van der Waals surface area contributed by atoms with Gasteiger partial charge in [-0.1, -0.05) is 109 Å². The molecule has 2 heterocycles. The Hall–Kier alpha value is -3.00. The van der Waals surface area contributed by atoms with Gasteiger partial charge in [-0.25, -0.2) is 4.98 Å². The zero-order valence-corrected chi connectivity index (χ0v) is 22.3. The van der Waals surface area contributed by atoms with E-state index in [0.29, 0.717) is 19.8 Å². The first-order valence-electron chi connectivity index (χ1n) is 13.0. The van der Waals surface area contributed by atoms with Gasteiger partial charge in [0.1, 0.15) is 23.7 Å². The highest BCUT2D eigenvalue weighted by atomic mass is 32.2. The molecule has 0 unspecified atom stereocenters. The molecule has 5 rings (SSSR count). The average Bonchev–Trinajstić information content (AvgIpc) is 2.97. The molecule has 196 valence electrons. The summed E-state index contributed by atoms with van der Waals surface area (Å²) in [7, 11) is 0. The van der Waals surface area contributed by atoms with Crippen LogP contribution in [0.2, 0.25) is 0 Å². The summed E-state index contributed by atoms with van der Waals surface area (Å²) in [5, 5.41) is 0.878. The van der Waals surface area contributed by atoms with Crippen molar-refractivity contribution >= 4 is 11.8 Å². The van der Waals surface area contributed by atoms with Gasteiger partial charge in [-0.3, -0.25) is 0 Å². The van der Waals surface area contributed by atoms with Crippen LogP contribution >= 0.6 is 11.8 Å². The molecule has 0 amide bonds. The number of pyridine rings is 1. The number of hydrogen-bond donors (Lipinski definition) is 0. The van der Waals surface area contributed by atoms with Gasteiger partial charge in [0.05, 0.1) is 31.0 Å². The number of aromatic nitrogens is 1. The van der Waals surface area contributed by atoms with E-state index in [2.05, 4.69) is 41.4 Å². The van der Waals surface area contributed by atoms with Crippen molar-refractivity contribution in [1.82, 2.24) is 4.98 Å². The van der Waals surface area contributed by atoms with Gasteiger partial charge in [-0.2, -0.15) is 0 Å². The number of rotatable bonds is 11. The second kappa shape index (κ2) is 13.7. The molecule has 1 aliphatic heterocycles. The van der Waals surface area contributed by atoms with E-state index < -0.39 is 0 Å². The molecule has 1 aromatic heterocycles. The molecule has 0 bridgehead atoms. The summed E-state index contributed by atoms with van der Waals surface area (Å²) in [4.78, 5) is 4.52. The standard InChI is InChI=1S/C32H33NO4S/c1-24-29(34-21-25-13-5-2-6-14-25)30(35-22-26-15-7-3-8-16-26)31(36-23-27-17-9-4-10-18-27)32(37-24)38-28-19-11-12-20-33-28/h2-20,24,29-32H,21-23H2,1H3/t24-,29+,30+,31-,32+/m0/s1. The minimum Gasteiger partial charge on any atom is -0.368 e. The highest BCUT2D eigenvalue weighted by molar-refractivity contribution is 7.99. The molecule has 0 spiro atoms. The summed E-state index contributed by atoms with van der Waals surface area (Å²) in [5.74, 6) is 0. The molecule has 38 heavy (non-hydrogen) atoms. The minimum absolute atomic E-state index is 0.211. The van der Waals surface area contributed by atoms with E-state index in [4.69, 9.17) is 18.9 Å². The Labute approximate surface area is 229 Å². The molecule has 5 nitrogen and oxygen atoms in total. The third kappa shape index (κ3) is 7.31. The minimum atomic E-state index is -0.386. The van der Waals surface area contributed by atoms with Crippen molar-refractivity contribution in [2.24, 2.45) is 0 Å². The predicted octanol–water partition coefficient (Wildman–Crippen LogP) is 6.67. The van der Waals surface area contributed by atoms with Gasteiger partial charge in [0.15, 0.2) is 0 Å². The normalized spacial score (nSPS) is 23.2. The molecule has 1 aliphatic rings. The van der Waals surface area contributed by atoms with Gasteiger partial charge in [0.25, 0.3) is 0 Å².